The van der Waals surface area contributed by atoms with Crippen molar-refractivity contribution >= 4 is 7.14 Å². The second-order valence-corrected chi connectivity index (χ2v) is 8.62. The summed E-state index contributed by atoms with van der Waals surface area (Å²) in [4.78, 5) is 0. The Morgan fingerprint density at radius 1 is 1.22 bits per heavy atom. The number of unbranched alkanes of at least 4 members (excludes halogenated alkanes) is 2. The van der Waals surface area contributed by atoms with Crippen molar-refractivity contribution < 1.29 is 14.0 Å². The van der Waals surface area contributed by atoms with Gasteiger partial charge in [0.2, 0.25) is 0 Å². The predicted molar refractivity (Wildman–Crippen MR) is 76.9 cm³/mol. The lowest BCUT2D eigenvalue weighted by atomic mass is 10.2. The van der Waals surface area contributed by atoms with E-state index in [9.17, 15) is 4.57 Å². The van der Waals surface area contributed by atoms with Gasteiger partial charge >= 0.3 is 0 Å². The molecule has 18 heavy (non-hydrogen) atoms. The van der Waals surface area contributed by atoms with Gasteiger partial charge in [-0.2, -0.15) is 0 Å². The highest BCUT2D eigenvalue weighted by Gasteiger charge is 2.23. The molecule has 0 amide bonds. The maximum absolute atomic E-state index is 12.7. The Bertz CT molecular complexity index is 237. The summed E-state index contributed by atoms with van der Waals surface area (Å²) >= 11 is 0. The molecule has 0 aromatic heterocycles. The number of rotatable bonds is 10. The fraction of sp³-hybridized carbons (Fsp3) is 1.00. The van der Waals surface area contributed by atoms with Gasteiger partial charge in [0.1, 0.15) is 7.14 Å². The Labute approximate surface area is 112 Å². The zero-order valence-corrected chi connectivity index (χ0v) is 12.9. The molecular formula is C14H29O3P. The Hall–Kier alpha value is 0.150. The summed E-state index contributed by atoms with van der Waals surface area (Å²) in [5.41, 5.74) is 0. The van der Waals surface area contributed by atoms with Crippen molar-refractivity contribution in [2.24, 2.45) is 0 Å². The van der Waals surface area contributed by atoms with Crippen LogP contribution in [0.25, 0.3) is 0 Å². The van der Waals surface area contributed by atoms with E-state index >= 15 is 0 Å². The molecule has 1 saturated heterocycles. The van der Waals surface area contributed by atoms with Crippen LogP contribution in [0.4, 0.5) is 0 Å². The largest absolute Gasteiger partial charge is 0.376 e. The van der Waals surface area contributed by atoms with Crippen LogP contribution in [0, 0.1) is 0 Å². The second-order valence-electron chi connectivity index (χ2n) is 5.35. The monoisotopic (exact) mass is 276 g/mol. The Balaban J connectivity index is 2.27. The third-order valence-electron chi connectivity index (χ3n) is 3.49. The van der Waals surface area contributed by atoms with Crippen molar-refractivity contribution in [2.75, 3.05) is 31.9 Å². The molecule has 4 heteroatoms. The molecule has 0 aromatic rings. The van der Waals surface area contributed by atoms with E-state index in [1.165, 1.54) is 0 Å². The molecule has 0 aliphatic carbocycles. The molecule has 1 atom stereocenters. The lowest BCUT2D eigenvalue weighted by Gasteiger charge is -2.19. The molecule has 1 unspecified atom stereocenters. The number of ether oxygens (including phenoxy) is 2. The van der Waals surface area contributed by atoms with Crippen molar-refractivity contribution in [3.8, 4) is 0 Å². The molecule has 0 radical (unpaired) electrons. The van der Waals surface area contributed by atoms with Gasteiger partial charge < -0.3 is 14.0 Å². The molecule has 3 nitrogen and oxygen atoms in total. The van der Waals surface area contributed by atoms with Crippen LogP contribution >= 0.6 is 7.14 Å². The predicted octanol–water partition coefficient (Wildman–Crippen LogP) is 4.10. The van der Waals surface area contributed by atoms with Crippen LogP contribution in [-0.4, -0.2) is 38.0 Å². The molecule has 0 spiro atoms. The summed E-state index contributed by atoms with van der Waals surface area (Å²) in [5.74, 6) is 0. The minimum absolute atomic E-state index is 0.246. The van der Waals surface area contributed by atoms with E-state index < -0.39 is 7.14 Å². The molecule has 0 aromatic carbocycles. The van der Waals surface area contributed by atoms with Crippen LogP contribution in [0.1, 0.15) is 52.4 Å². The average molecular weight is 276 g/mol. The van der Waals surface area contributed by atoms with Crippen molar-refractivity contribution in [1.82, 2.24) is 0 Å². The van der Waals surface area contributed by atoms with Crippen LogP contribution in [0.3, 0.4) is 0 Å². The van der Waals surface area contributed by atoms with Crippen LogP contribution in [0.5, 0.6) is 0 Å². The first-order chi connectivity index (χ1) is 8.70. The van der Waals surface area contributed by atoms with Crippen LogP contribution in [0.15, 0.2) is 0 Å². The summed E-state index contributed by atoms with van der Waals surface area (Å²) in [6.07, 6.45) is 9.00. The van der Waals surface area contributed by atoms with Gasteiger partial charge in [-0.15, -0.1) is 0 Å². The number of hydrogen-bond acceptors (Lipinski definition) is 3. The van der Waals surface area contributed by atoms with Gasteiger partial charge in [-0.1, -0.05) is 26.7 Å². The number of hydrogen-bond donors (Lipinski definition) is 0. The van der Waals surface area contributed by atoms with Crippen molar-refractivity contribution in [1.29, 1.82) is 0 Å². The summed E-state index contributed by atoms with van der Waals surface area (Å²) in [5, 5.41) is 0. The Morgan fingerprint density at radius 2 is 1.89 bits per heavy atom. The van der Waals surface area contributed by atoms with Crippen molar-refractivity contribution in [3.63, 3.8) is 0 Å². The zero-order chi connectivity index (χ0) is 13.3. The highest BCUT2D eigenvalue weighted by Crippen LogP contribution is 2.47. The molecule has 1 heterocycles. The quantitative estimate of drug-likeness (QED) is 0.563. The molecule has 1 fully saturated rings. The molecule has 0 saturated carbocycles. The lowest BCUT2D eigenvalue weighted by Crippen LogP contribution is -2.15. The van der Waals surface area contributed by atoms with Gasteiger partial charge in [0.05, 0.1) is 19.1 Å². The van der Waals surface area contributed by atoms with E-state index in [1.807, 2.05) is 0 Å². The molecular weight excluding hydrogens is 247 g/mol. The molecule has 0 N–H and O–H groups in total. The first kappa shape index (κ1) is 16.2. The summed E-state index contributed by atoms with van der Waals surface area (Å²) in [6, 6.07) is 0. The maximum Gasteiger partial charge on any atom is 0.112 e. The fourth-order valence-electron chi connectivity index (χ4n) is 2.26. The minimum atomic E-state index is -2.09. The highest BCUT2D eigenvalue weighted by molar-refractivity contribution is 7.63. The average Bonchev–Trinajstić information content (AvgIpc) is 2.87. The lowest BCUT2D eigenvalue weighted by molar-refractivity contribution is 0.0313. The van der Waals surface area contributed by atoms with Crippen LogP contribution in [0.2, 0.25) is 0 Å². The van der Waals surface area contributed by atoms with Gasteiger partial charge in [-0.05, 0) is 25.7 Å². The van der Waals surface area contributed by atoms with Crippen molar-refractivity contribution in [2.45, 2.75) is 58.5 Å². The summed E-state index contributed by atoms with van der Waals surface area (Å²) in [7, 11) is -2.09. The van der Waals surface area contributed by atoms with E-state index in [2.05, 4.69) is 13.8 Å². The fourth-order valence-corrected chi connectivity index (χ4v) is 4.96. The summed E-state index contributed by atoms with van der Waals surface area (Å²) < 4.78 is 23.9. The van der Waals surface area contributed by atoms with E-state index in [0.29, 0.717) is 13.0 Å². The van der Waals surface area contributed by atoms with E-state index in [4.69, 9.17) is 9.47 Å². The SMILES string of the molecule is CCCCP(=O)(CCCC)COCC1CCCO1. The van der Waals surface area contributed by atoms with Gasteiger partial charge in [0.25, 0.3) is 0 Å². The normalized spacial score (nSPS) is 20.4. The molecule has 0 bridgehead atoms. The molecule has 108 valence electrons. The second kappa shape index (κ2) is 9.12. The zero-order valence-electron chi connectivity index (χ0n) is 12.0. The van der Waals surface area contributed by atoms with E-state index in [1.54, 1.807) is 0 Å². The minimum Gasteiger partial charge on any atom is -0.376 e. The highest BCUT2D eigenvalue weighted by atomic mass is 31.2. The topological polar surface area (TPSA) is 35.5 Å². The summed E-state index contributed by atoms with van der Waals surface area (Å²) in [6.45, 7) is 5.79. The van der Waals surface area contributed by atoms with Gasteiger partial charge in [-0.25, -0.2) is 0 Å². The van der Waals surface area contributed by atoms with E-state index in [0.717, 1.165) is 57.5 Å². The molecule has 1 aliphatic heterocycles. The third kappa shape index (κ3) is 6.36. The Kier molecular flexibility index (Phi) is 8.21. The van der Waals surface area contributed by atoms with Gasteiger partial charge in [0, 0.05) is 18.9 Å². The van der Waals surface area contributed by atoms with Crippen LogP contribution < -0.4 is 0 Å². The van der Waals surface area contributed by atoms with Crippen molar-refractivity contribution in [3.05, 3.63) is 0 Å². The maximum atomic E-state index is 12.7. The Morgan fingerprint density at radius 3 is 2.39 bits per heavy atom. The van der Waals surface area contributed by atoms with E-state index in [-0.39, 0.29) is 6.10 Å². The smallest absolute Gasteiger partial charge is 0.112 e. The third-order valence-corrected chi connectivity index (χ3v) is 6.41. The first-order valence-corrected chi connectivity index (χ1v) is 9.73. The standard InChI is InChI=1S/C14H29O3P/c1-3-5-10-18(15,11-6-4-2)13-16-12-14-8-7-9-17-14/h14H,3-13H2,1-2H3. The van der Waals surface area contributed by atoms with Gasteiger partial charge in [-0.3, -0.25) is 0 Å². The molecule has 1 aliphatic rings. The molecule has 1 rings (SSSR count). The van der Waals surface area contributed by atoms with Crippen LogP contribution in [-0.2, 0) is 14.0 Å². The van der Waals surface area contributed by atoms with Gasteiger partial charge in [0.15, 0.2) is 0 Å². The first-order valence-electron chi connectivity index (χ1n) is 7.46.